The molecule has 7 N–H and O–H groups in total. The Hall–Kier alpha value is -3.13. The summed E-state index contributed by atoms with van der Waals surface area (Å²) in [6.07, 6.45) is 5.45. The topological polar surface area (TPSA) is 142 Å². The Morgan fingerprint density at radius 3 is 2.63 bits per heavy atom. The summed E-state index contributed by atoms with van der Waals surface area (Å²) < 4.78 is 5.56. The summed E-state index contributed by atoms with van der Waals surface area (Å²) in [4.78, 5) is 18.2. The van der Waals surface area contributed by atoms with E-state index in [-0.39, 0.29) is 11.7 Å². The Morgan fingerprint density at radius 1 is 1.33 bits per heavy atom. The molecule has 8 heteroatoms. The normalized spacial score (nSPS) is 16.3. The molecule has 8 nitrogen and oxygen atoms in total. The van der Waals surface area contributed by atoms with Crippen molar-refractivity contribution in [3.05, 3.63) is 53.7 Å². The van der Waals surface area contributed by atoms with Crippen molar-refractivity contribution >= 4 is 23.4 Å². The molecule has 1 fully saturated rings. The maximum atomic E-state index is 10.5. The molecule has 2 heterocycles. The highest BCUT2D eigenvalue weighted by Crippen LogP contribution is 2.16. The van der Waals surface area contributed by atoms with Gasteiger partial charge in [-0.15, -0.1) is 0 Å². The third-order valence-corrected chi connectivity index (χ3v) is 4.03. The molecule has 0 spiro atoms. The van der Waals surface area contributed by atoms with Crippen LogP contribution in [0, 0.1) is 0 Å². The number of nitrogen functional groups attached to an aromatic ring is 1. The van der Waals surface area contributed by atoms with E-state index in [1.165, 1.54) is 30.7 Å². The lowest BCUT2D eigenvalue weighted by Crippen LogP contribution is -2.21. The standard InChI is InChI=1S/C11H14O.C8H12N6O/c1-2-5-10(6-3-1)9-11-7-4-8-12-11;1-12-7(10)4-3-13-6(2-5(4)9)14-8(11)15/h1-3,5-6,11H,4,7-9H2;2-3H,1H3,(H2,10,12)(H5,9,11,13,14,15). The Balaban J connectivity index is 0.000000198. The second-order valence-corrected chi connectivity index (χ2v) is 6.08. The van der Waals surface area contributed by atoms with Gasteiger partial charge in [-0.25, -0.2) is 9.78 Å². The number of aliphatic imine (C=N–C) groups is 1. The molecule has 2 amide bonds. The monoisotopic (exact) mass is 370 g/mol. The summed E-state index contributed by atoms with van der Waals surface area (Å²) >= 11 is 0. The van der Waals surface area contributed by atoms with Crippen LogP contribution in [0.4, 0.5) is 16.3 Å². The third-order valence-electron chi connectivity index (χ3n) is 4.03. The van der Waals surface area contributed by atoms with Gasteiger partial charge in [0.05, 0.1) is 11.7 Å². The van der Waals surface area contributed by atoms with Crippen molar-refractivity contribution in [2.75, 3.05) is 24.7 Å². The van der Waals surface area contributed by atoms with E-state index in [9.17, 15) is 4.79 Å². The van der Waals surface area contributed by atoms with Gasteiger partial charge < -0.3 is 21.9 Å². The van der Waals surface area contributed by atoms with Gasteiger partial charge in [0.15, 0.2) is 0 Å². The van der Waals surface area contributed by atoms with Crippen molar-refractivity contribution in [1.82, 2.24) is 4.98 Å². The summed E-state index contributed by atoms with van der Waals surface area (Å²) in [5.74, 6) is 0.554. The van der Waals surface area contributed by atoms with Crippen LogP contribution in [0.5, 0.6) is 0 Å². The summed E-state index contributed by atoms with van der Waals surface area (Å²) in [6.45, 7) is 0.956. The van der Waals surface area contributed by atoms with E-state index in [1.54, 1.807) is 7.05 Å². The molecular weight excluding hydrogens is 344 g/mol. The molecule has 144 valence electrons. The smallest absolute Gasteiger partial charge is 0.317 e. The molecule has 1 aromatic heterocycles. The van der Waals surface area contributed by atoms with Crippen LogP contribution in [0.1, 0.15) is 24.0 Å². The molecule has 0 saturated carbocycles. The third kappa shape index (κ3) is 6.59. The van der Waals surface area contributed by atoms with Gasteiger partial charge in [-0.05, 0) is 24.8 Å². The van der Waals surface area contributed by atoms with E-state index < -0.39 is 6.03 Å². The zero-order valence-corrected chi connectivity index (χ0v) is 15.4. The minimum atomic E-state index is -0.702. The van der Waals surface area contributed by atoms with Crippen LogP contribution in [-0.4, -0.2) is 36.6 Å². The van der Waals surface area contributed by atoms with Crippen molar-refractivity contribution in [3.63, 3.8) is 0 Å². The second-order valence-electron chi connectivity index (χ2n) is 6.08. The Labute approximate surface area is 158 Å². The highest BCUT2D eigenvalue weighted by atomic mass is 16.5. The van der Waals surface area contributed by atoms with Gasteiger partial charge in [0.2, 0.25) is 0 Å². The fraction of sp³-hybridized carbons (Fsp3) is 0.316. The van der Waals surface area contributed by atoms with Gasteiger partial charge in [0.25, 0.3) is 0 Å². The van der Waals surface area contributed by atoms with E-state index in [0.29, 0.717) is 17.4 Å². The van der Waals surface area contributed by atoms with Gasteiger partial charge in [-0.3, -0.25) is 10.3 Å². The lowest BCUT2D eigenvalue weighted by molar-refractivity contribution is 0.111. The molecule has 1 unspecified atom stereocenters. The van der Waals surface area contributed by atoms with Gasteiger partial charge in [-0.2, -0.15) is 0 Å². The lowest BCUT2D eigenvalue weighted by atomic mass is 10.1. The molecule has 27 heavy (non-hydrogen) atoms. The molecule has 0 radical (unpaired) electrons. The van der Waals surface area contributed by atoms with Crippen molar-refractivity contribution in [3.8, 4) is 0 Å². The highest BCUT2D eigenvalue weighted by Gasteiger charge is 2.15. The van der Waals surface area contributed by atoms with Crippen molar-refractivity contribution in [2.45, 2.75) is 25.4 Å². The fourth-order valence-corrected chi connectivity index (χ4v) is 2.68. The molecule has 1 aliphatic heterocycles. The van der Waals surface area contributed by atoms with Gasteiger partial charge >= 0.3 is 6.03 Å². The van der Waals surface area contributed by atoms with E-state index in [2.05, 4.69) is 45.6 Å². The minimum absolute atomic E-state index is 0.271. The van der Waals surface area contributed by atoms with E-state index in [0.717, 1.165) is 13.0 Å². The number of nitrogens with zero attached hydrogens (tertiary/aromatic N) is 2. The number of nitrogens with two attached hydrogens (primary N) is 3. The predicted molar refractivity (Wildman–Crippen MR) is 108 cm³/mol. The number of rotatable bonds is 4. The Bertz CT molecular complexity index is 773. The molecule has 1 saturated heterocycles. The summed E-state index contributed by atoms with van der Waals surface area (Å²) in [6, 6.07) is 11.3. The number of hydrogen-bond donors (Lipinski definition) is 4. The number of urea groups is 1. The summed E-state index contributed by atoms with van der Waals surface area (Å²) in [5.41, 5.74) is 18.5. The first-order chi connectivity index (χ1) is 13.0. The van der Waals surface area contributed by atoms with Crippen LogP contribution in [-0.2, 0) is 11.2 Å². The first-order valence-corrected chi connectivity index (χ1v) is 8.69. The maximum absolute atomic E-state index is 10.5. The SMILES string of the molecule is CN=C(N)c1cnc(NC(N)=O)cc1N.c1ccc(CC2CCCO2)cc1. The number of anilines is 2. The molecular formula is C19H26N6O2. The molecule has 1 atom stereocenters. The fourth-order valence-electron chi connectivity index (χ4n) is 2.68. The Morgan fingerprint density at radius 2 is 2.07 bits per heavy atom. The van der Waals surface area contributed by atoms with Crippen molar-refractivity contribution in [1.29, 1.82) is 0 Å². The van der Waals surface area contributed by atoms with Crippen LogP contribution in [0.25, 0.3) is 0 Å². The number of amidine groups is 1. The zero-order valence-electron chi connectivity index (χ0n) is 15.4. The highest BCUT2D eigenvalue weighted by molar-refractivity contribution is 6.02. The average Bonchev–Trinajstić information content (AvgIpc) is 3.15. The zero-order chi connectivity index (χ0) is 19.6. The average molecular weight is 370 g/mol. The number of benzene rings is 1. The summed E-state index contributed by atoms with van der Waals surface area (Å²) in [5, 5.41) is 2.30. The van der Waals surface area contributed by atoms with Crippen LogP contribution in [0.2, 0.25) is 0 Å². The minimum Gasteiger partial charge on any atom is -0.398 e. The lowest BCUT2D eigenvalue weighted by Gasteiger charge is -2.08. The maximum Gasteiger partial charge on any atom is 0.317 e. The number of aromatic nitrogens is 1. The van der Waals surface area contributed by atoms with Crippen molar-refractivity contribution < 1.29 is 9.53 Å². The number of carbonyl (C=O) groups is 1. The second kappa shape index (κ2) is 10.1. The molecule has 2 aromatic rings. The number of pyridine rings is 1. The first kappa shape index (κ1) is 20.2. The number of hydrogen-bond acceptors (Lipinski definition) is 5. The Kier molecular flexibility index (Phi) is 7.57. The number of amides is 2. The number of primary amides is 1. The first-order valence-electron chi connectivity index (χ1n) is 8.69. The molecule has 1 aliphatic rings. The van der Waals surface area contributed by atoms with E-state index in [4.69, 9.17) is 21.9 Å². The van der Waals surface area contributed by atoms with Gasteiger partial charge in [0.1, 0.15) is 11.7 Å². The number of carbonyl (C=O) groups excluding carboxylic acids is 1. The largest absolute Gasteiger partial charge is 0.398 e. The van der Waals surface area contributed by atoms with Crippen LogP contribution >= 0.6 is 0 Å². The summed E-state index contributed by atoms with van der Waals surface area (Å²) in [7, 11) is 1.55. The van der Waals surface area contributed by atoms with Crippen LogP contribution < -0.4 is 22.5 Å². The molecule has 3 rings (SSSR count). The predicted octanol–water partition coefficient (Wildman–Crippen LogP) is 1.90. The molecule has 0 aliphatic carbocycles. The van der Waals surface area contributed by atoms with E-state index >= 15 is 0 Å². The molecule has 1 aromatic carbocycles. The molecule has 0 bridgehead atoms. The quantitative estimate of drug-likeness (QED) is 0.480. The van der Waals surface area contributed by atoms with Gasteiger partial charge in [-0.1, -0.05) is 30.3 Å². The van der Waals surface area contributed by atoms with Crippen molar-refractivity contribution in [2.24, 2.45) is 16.5 Å². The number of ether oxygens (including phenoxy) is 1. The number of nitrogens with one attached hydrogen (secondary N) is 1. The van der Waals surface area contributed by atoms with Gasteiger partial charge in [0, 0.05) is 31.6 Å². The van der Waals surface area contributed by atoms with Crippen LogP contribution in [0.3, 0.4) is 0 Å². The van der Waals surface area contributed by atoms with Crippen LogP contribution in [0.15, 0.2) is 47.6 Å². The van der Waals surface area contributed by atoms with E-state index in [1.807, 2.05) is 0 Å².